The second-order valence-corrected chi connectivity index (χ2v) is 6.90. The quantitative estimate of drug-likeness (QED) is 0.412. The molecule has 0 radical (unpaired) electrons. The van der Waals surface area contributed by atoms with Crippen LogP contribution in [0.4, 0.5) is 4.39 Å². The van der Waals surface area contributed by atoms with Gasteiger partial charge in [0.2, 0.25) is 0 Å². The van der Waals surface area contributed by atoms with Crippen LogP contribution in [0, 0.1) is 22.6 Å². The van der Waals surface area contributed by atoms with Crippen LogP contribution in [0.15, 0.2) is 23.2 Å². The molecule has 5 nitrogen and oxygen atoms in total. The van der Waals surface area contributed by atoms with Crippen LogP contribution in [-0.2, 0) is 11.3 Å². The molecule has 2 N–H and O–H groups in total. The van der Waals surface area contributed by atoms with E-state index in [9.17, 15) is 4.39 Å². The summed E-state index contributed by atoms with van der Waals surface area (Å²) < 4.78 is 19.5. The molecule has 25 heavy (non-hydrogen) atoms. The predicted molar refractivity (Wildman–Crippen MR) is 107 cm³/mol. The number of ether oxygens (including phenoxy) is 1. The lowest BCUT2D eigenvalue weighted by Crippen LogP contribution is -2.69. The summed E-state index contributed by atoms with van der Waals surface area (Å²) in [7, 11) is 3.41. The number of halogens is 2. The van der Waals surface area contributed by atoms with Gasteiger partial charge in [0.15, 0.2) is 5.96 Å². The van der Waals surface area contributed by atoms with Crippen LogP contribution in [0.5, 0.6) is 0 Å². The summed E-state index contributed by atoms with van der Waals surface area (Å²) >= 11 is 0. The molecule has 1 aromatic carbocycles. The molecule has 0 spiro atoms. The summed E-state index contributed by atoms with van der Waals surface area (Å²) in [5, 5.41) is 15.4. The smallest absolute Gasteiger partial charge is 0.191 e. The molecule has 0 aromatic heterocycles. The van der Waals surface area contributed by atoms with Crippen LogP contribution in [-0.4, -0.2) is 31.8 Å². The minimum absolute atomic E-state index is 0. The highest BCUT2D eigenvalue weighted by Crippen LogP contribution is 2.51. The van der Waals surface area contributed by atoms with Crippen LogP contribution >= 0.6 is 24.0 Å². The number of guanidine groups is 1. The van der Waals surface area contributed by atoms with Crippen LogP contribution < -0.4 is 10.6 Å². The topological polar surface area (TPSA) is 69.4 Å². The Kier molecular flexibility index (Phi) is 7.20. The molecule has 1 saturated carbocycles. The van der Waals surface area contributed by atoms with Gasteiger partial charge in [-0.1, -0.05) is 13.8 Å². The van der Waals surface area contributed by atoms with E-state index in [1.54, 1.807) is 20.2 Å². The molecular weight excluding hydrogens is 434 g/mol. The summed E-state index contributed by atoms with van der Waals surface area (Å²) in [6, 6.07) is 6.55. The Bertz CT molecular complexity index is 686. The first-order valence-electron chi connectivity index (χ1n) is 7.98. The number of methoxy groups -OCH3 is 1. The second kappa shape index (κ2) is 8.32. The molecule has 2 unspecified atom stereocenters. The first-order chi connectivity index (χ1) is 11.3. The van der Waals surface area contributed by atoms with E-state index >= 15 is 0 Å². The number of nitrogens with zero attached hydrogens (tertiary/aromatic N) is 2. The normalized spacial score (nSPS) is 24.5. The van der Waals surface area contributed by atoms with Gasteiger partial charge in [0.1, 0.15) is 5.82 Å². The van der Waals surface area contributed by atoms with Crippen molar-refractivity contribution < 1.29 is 9.13 Å². The molecule has 2 atom stereocenters. The van der Waals surface area contributed by atoms with Gasteiger partial charge in [0.25, 0.3) is 0 Å². The van der Waals surface area contributed by atoms with Crippen LogP contribution in [0.2, 0.25) is 0 Å². The van der Waals surface area contributed by atoms with Crippen molar-refractivity contribution in [3.8, 4) is 6.07 Å². The fourth-order valence-corrected chi connectivity index (χ4v) is 3.04. The second-order valence-electron chi connectivity index (χ2n) is 6.90. The van der Waals surface area contributed by atoms with Gasteiger partial charge in [0, 0.05) is 37.7 Å². The number of hydrogen-bond donors (Lipinski definition) is 2. The number of nitriles is 1. The zero-order valence-corrected chi connectivity index (χ0v) is 17.6. The Morgan fingerprint density at radius 2 is 2.12 bits per heavy atom. The fraction of sp³-hybridized carbons (Fsp3) is 0.556. The van der Waals surface area contributed by atoms with Crippen molar-refractivity contribution in [2.24, 2.45) is 10.4 Å². The summed E-state index contributed by atoms with van der Waals surface area (Å²) in [6.45, 7) is 6.67. The molecule has 0 heterocycles. The van der Waals surface area contributed by atoms with Crippen molar-refractivity contribution in [1.82, 2.24) is 10.6 Å². The molecule has 0 saturated heterocycles. The molecular formula is C18H26FIN4O. The number of hydrogen-bond acceptors (Lipinski definition) is 3. The highest BCUT2D eigenvalue weighted by molar-refractivity contribution is 14.0. The molecule has 1 aliphatic rings. The maximum absolute atomic E-state index is 13.8. The molecule has 0 bridgehead atoms. The van der Waals surface area contributed by atoms with Gasteiger partial charge in [0.05, 0.1) is 17.2 Å². The van der Waals surface area contributed by atoms with Gasteiger partial charge in [-0.25, -0.2) is 4.39 Å². The average molecular weight is 460 g/mol. The van der Waals surface area contributed by atoms with E-state index in [1.165, 1.54) is 12.1 Å². The van der Waals surface area contributed by atoms with Crippen LogP contribution in [0.1, 0.15) is 38.3 Å². The molecule has 0 aliphatic heterocycles. The van der Waals surface area contributed by atoms with E-state index in [2.05, 4.69) is 36.4 Å². The number of benzene rings is 1. The van der Waals surface area contributed by atoms with Crippen molar-refractivity contribution in [3.63, 3.8) is 0 Å². The lowest BCUT2D eigenvalue weighted by Gasteiger charge is -2.59. The zero-order chi connectivity index (χ0) is 18.0. The van der Waals surface area contributed by atoms with E-state index in [4.69, 9.17) is 10.00 Å². The molecule has 138 valence electrons. The third kappa shape index (κ3) is 4.23. The average Bonchev–Trinajstić information content (AvgIpc) is 2.58. The Hall–Kier alpha value is -1.40. The van der Waals surface area contributed by atoms with Crippen molar-refractivity contribution >= 4 is 29.9 Å². The summed E-state index contributed by atoms with van der Waals surface area (Å²) in [5.74, 6) is 0.265. The van der Waals surface area contributed by atoms with Crippen LogP contribution in [0.25, 0.3) is 0 Å². The monoisotopic (exact) mass is 460 g/mol. The summed E-state index contributed by atoms with van der Waals surface area (Å²) in [4.78, 5) is 4.20. The summed E-state index contributed by atoms with van der Waals surface area (Å²) in [6.07, 6.45) is 0.871. The number of nitrogens with one attached hydrogen (secondary N) is 2. The van der Waals surface area contributed by atoms with Crippen molar-refractivity contribution in [2.45, 2.75) is 45.4 Å². The lowest BCUT2D eigenvalue weighted by molar-refractivity contribution is -0.176. The van der Waals surface area contributed by atoms with E-state index in [0.717, 1.165) is 6.42 Å². The Balaban J connectivity index is 0.00000312. The van der Waals surface area contributed by atoms with Crippen molar-refractivity contribution in [2.75, 3.05) is 14.2 Å². The molecule has 2 rings (SSSR count). The Morgan fingerprint density at radius 1 is 1.44 bits per heavy atom. The van der Waals surface area contributed by atoms with E-state index in [0.29, 0.717) is 17.1 Å². The SMILES string of the molecule is CN=C(NCc1cc(C#N)ccc1F)NC1CC(C)(OC)C1(C)C.I. The predicted octanol–water partition coefficient (Wildman–Crippen LogP) is 3.18. The van der Waals surface area contributed by atoms with Gasteiger partial charge in [-0.05, 0) is 31.5 Å². The minimum atomic E-state index is -0.340. The minimum Gasteiger partial charge on any atom is -0.378 e. The first kappa shape index (κ1) is 21.6. The molecule has 1 fully saturated rings. The maximum atomic E-state index is 13.8. The Labute approximate surface area is 166 Å². The van der Waals surface area contributed by atoms with Crippen molar-refractivity contribution in [3.05, 3.63) is 35.1 Å². The molecule has 0 amide bonds. The molecule has 1 aromatic rings. The van der Waals surface area contributed by atoms with Crippen LogP contribution in [0.3, 0.4) is 0 Å². The third-order valence-electron chi connectivity index (χ3n) is 5.43. The van der Waals surface area contributed by atoms with Gasteiger partial charge in [-0.15, -0.1) is 24.0 Å². The summed E-state index contributed by atoms with van der Waals surface area (Å²) in [5.41, 5.74) is 0.654. The Morgan fingerprint density at radius 3 is 2.64 bits per heavy atom. The maximum Gasteiger partial charge on any atom is 0.191 e. The van der Waals surface area contributed by atoms with Crippen molar-refractivity contribution in [1.29, 1.82) is 5.26 Å². The molecule has 7 heteroatoms. The number of aliphatic imine (C=N–C) groups is 1. The van der Waals surface area contributed by atoms with E-state index in [-0.39, 0.29) is 53.4 Å². The van der Waals surface area contributed by atoms with Gasteiger partial charge in [-0.2, -0.15) is 5.26 Å². The van der Waals surface area contributed by atoms with E-state index < -0.39 is 0 Å². The third-order valence-corrected chi connectivity index (χ3v) is 5.43. The standard InChI is InChI=1S/C18H25FN4O.HI/c1-17(2)15(9-18(17,3)24-5)23-16(21-4)22-11-13-8-12(10-20)6-7-14(13)19;/h6-8,15H,9,11H2,1-5H3,(H2,21,22,23);1H. The highest BCUT2D eigenvalue weighted by Gasteiger charge is 2.58. The fourth-order valence-electron chi connectivity index (χ4n) is 3.04. The van der Waals surface area contributed by atoms with E-state index in [1.807, 2.05) is 6.07 Å². The van der Waals surface area contributed by atoms with Gasteiger partial charge in [-0.3, -0.25) is 4.99 Å². The van der Waals surface area contributed by atoms with Gasteiger partial charge >= 0.3 is 0 Å². The van der Waals surface area contributed by atoms with Gasteiger partial charge < -0.3 is 15.4 Å². The zero-order valence-electron chi connectivity index (χ0n) is 15.3. The largest absolute Gasteiger partial charge is 0.378 e. The lowest BCUT2D eigenvalue weighted by atomic mass is 9.56. The molecule has 1 aliphatic carbocycles. The highest BCUT2D eigenvalue weighted by atomic mass is 127. The first-order valence-corrected chi connectivity index (χ1v) is 7.98. The number of rotatable bonds is 4.